The van der Waals surface area contributed by atoms with Crippen molar-refractivity contribution in [3.63, 3.8) is 0 Å². The number of imide groups is 3. The molecule has 0 aliphatic carbocycles. The molecule has 7 rings (SSSR count). The molecule has 0 N–H and O–H groups in total. The van der Waals surface area contributed by atoms with E-state index in [-0.39, 0.29) is 35.4 Å². The molecule has 4 fully saturated rings. The Morgan fingerprint density at radius 2 is 0.729 bits per heavy atom. The first-order valence-electron chi connectivity index (χ1n) is 17.1. The van der Waals surface area contributed by atoms with E-state index < -0.39 is 0 Å². The van der Waals surface area contributed by atoms with E-state index in [2.05, 4.69) is 35.8 Å². The molecule has 4 saturated heterocycles. The Kier molecular flexibility index (Phi) is 17.9. The van der Waals surface area contributed by atoms with E-state index in [1.54, 1.807) is 24.3 Å². The normalized spacial score (nSPS) is 20.8. The van der Waals surface area contributed by atoms with Crippen molar-refractivity contribution in [1.29, 1.82) is 0 Å². The van der Waals surface area contributed by atoms with Gasteiger partial charge in [-0.2, -0.15) is 0 Å². The predicted molar refractivity (Wildman–Crippen MR) is 186 cm³/mol. The highest BCUT2D eigenvalue weighted by Gasteiger charge is 2.31. The number of carbonyl (C=O) groups excluding carboxylic acids is 6. The molecule has 1 aromatic rings. The Balaban J connectivity index is 0.000000203. The summed E-state index contributed by atoms with van der Waals surface area (Å²) < 4.78 is 0. The van der Waals surface area contributed by atoms with E-state index in [1.807, 2.05) is 0 Å². The molecule has 0 saturated carbocycles. The van der Waals surface area contributed by atoms with Crippen LogP contribution in [0.15, 0.2) is 36.4 Å². The number of amides is 6. The van der Waals surface area contributed by atoms with Crippen molar-refractivity contribution in [3.8, 4) is 0 Å². The average molecular weight is 669 g/mol. The second kappa shape index (κ2) is 21.3. The van der Waals surface area contributed by atoms with E-state index in [9.17, 15) is 28.8 Å². The van der Waals surface area contributed by atoms with Crippen LogP contribution in [0.25, 0.3) is 0 Å². The first-order valence-corrected chi connectivity index (χ1v) is 17.1. The molecule has 6 aliphatic rings. The maximum atomic E-state index is 11.3. The van der Waals surface area contributed by atoms with E-state index in [0.29, 0.717) is 24.0 Å². The number of fused-ring (bicyclic) bond motifs is 1. The standard InChI is InChI=1S/C9H7NO2.2C6H13N.C5H7NO2.C5H5NO2.C5H11N/c1-10-8(11)6-4-2-3-5-7(6)9(10)12;2*1-7-5-3-2-4-6-7;2*1-6-4(7)2-3-5(6)8;1-6-4-2-3-5-6/h2-5H,1H3;2*2-6H2,1H3;2-3H2,1H3;2-3H,1H3;2-5H2,1H3. The Labute approximate surface area is 286 Å². The third kappa shape index (κ3) is 13.8. The molecule has 1 aromatic carbocycles. The van der Waals surface area contributed by atoms with Crippen LogP contribution >= 0.6 is 0 Å². The van der Waals surface area contributed by atoms with Crippen LogP contribution in [-0.4, -0.2) is 146 Å². The molecule has 0 bridgehead atoms. The van der Waals surface area contributed by atoms with Crippen molar-refractivity contribution < 1.29 is 28.8 Å². The highest BCUT2D eigenvalue weighted by Crippen LogP contribution is 2.20. The smallest absolute Gasteiger partial charge is 0.261 e. The van der Waals surface area contributed by atoms with Gasteiger partial charge in [-0.25, -0.2) is 0 Å². The lowest BCUT2D eigenvalue weighted by Gasteiger charge is -2.20. The summed E-state index contributed by atoms with van der Waals surface area (Å²) in [4.78, 5) is 74.9. The molecule has 266 valence electrons. The number of rotatable bonds is 0. The molecule has 12 nitrogen and oxygen atoms in total. The SMILES string of the molecule is CN1C(=O)C=CC1=O.CN1C(=O)CCC1=O.CN1C(=O)c2ccccc2C1=O.CN1CCCC1.CN1CCCCC1.CN1CCCCC1. The summed E-state index contributed by atoms with van der Waals surface area (Å²) in [6, 6.07) is 6.84. The summed E-state index contributed by atoms with van der Waals surface area (Å²) in [5, 5.41) is 0. The highest BCUT2D eigenvalue weighted by atomic mass is 16.2. The molecule has 0 unspecified atom stereocenters. The molecule has 6 aliphatic heterocycles. The quantitative estimate of drug-likeness (QED) is 0.384. The van der Waals surface area contributed by atoms with E-state index in [0.717, 1.165) is 9.80 Å². The van der Waals surface area contributed by atoms with Crippen molar-refractivity contribution in [2.24, 2.45) is 0 Å². The van der Waals surface area contributed by atoms with Crippen molar-refractivity contribution in [2.45, 2.75) is 64.2 Å². The summed E-state index contributed by atoms with van der Waals surface area (Å²) in [7, 11) is 11.0. The summed E-state index contributed by atoms with van der Waals surface area (Å²) in [5.74, 6) is -1.03. The van der Waals surface area contributed by atoms with Crippen LogP contribution < -0.4 is 0 Å². The van der Waals surface area contributed by atoms with Gasteiger partial charge in [0.05, 0.1) is 11.1 Å². The molecule has 6 heterocycles. The zero-order chi connectivity index (χ0) is 35.6. The van der Waals surface area contributed by atoms with Gasteiger partial charge in [0.1, 0.15) is 0 Å². The number of carbonyl (C=O) groups is 6. The molecule has 12 heteroatoms. The number of likely N-dealkylation sites (N-methyl/N-ethyl adjacent to an activating group) is 1. The van der Waals surface area contributed by atoms with Crippen molar-refractivity contribution in [3.05, 3.63) is 47.5 Å². The number of hydrogen-bond donors (Lipinski definition) is 0. The highest BCUT2D eigenvalue weighted by molar-refractivity contribution is 6.21. The molecule has 48 heavy (non-hydrogen) atoms. The maximum absolute atomic E-state index is 11.3. The summed E-state index contributed by atoms with van der Waals surface area (Å²) in [6.07, 6.45) is 14.7. The van der Waals surface area contributed by atoms with Gasteiger partial charge >= 0.3 is 0 Å². The van der Waals surface area contributed by atoms with Crippen molar-refractivity contribution in [2.75, 3.05) is 81.6 Å². The molecule has 0 aromatic heterocycles. The molecule has 6 amide bonds. The Morgan fingerprint density at radius 3 is 0.917 bits per heavy atom. The lowest BCUT2D eigenvalue weighted by molar-refractivity contribution is -0.137. The van der Waals surface area contributed by atoms with Gasteiger partial charge in [0.15, 0.2) is 0 Å². The van der Waals surface area contributed by atoms with Crippen LogP contribution in [-0.2, 0) is 19.2 Å². The third-order valence-corrected chi connectivity index (χ3v) is 8.82. The van der Waals surface area contributed by atoms with Crippen LogP contribution in [0.5, 0.6) is 0 Å². The van der Waals surface area contributed by atoms with Crippen molar-refractivity contribution in [1.82, 2.24) is 29.4 Å². The molecular weight excluding hydrogens is 612 g/mol. The summed E-state index contributed by atoms with van der Waals surface area (Å²) in [6.45, 7) is 7.92. The fraction of sp³-hybridized carbons (Fsp3) is 0.611. The van der Waals surface area contributed by atoms with Crippen LogP contribution in [0.2, 0.25) is 0 Å². The largest absolute Gasteiger partial charge is 0.306 e. The van der Waals surface area contributed by atoms with Gasteiger partial charge in [-0.3, -0.25) is 43.5 Å². The van der Waals surface area contributed by atoms with Crippen LogP contribution in [0, 0.1) is 0 Å². The zero-order valence-corrected chi connectivity index (χ0v) is 29.9. The van der Waals surface area contributed by atoms with Gasteiger partial charge in [-0.1, -0.05) is 25.0 Å². The lowest BCUT2D eigenvalue weighted by atomic mass is 10.1. The topological polar surface area (TPSA) is 122 Å². The fourth-order valence-electron chi connectivity index (χ4n) is 5.45. The van der Waals surface area contributed by atoms with Gasteiger partial charge < -0.3 is 14.7 Å². The fourth-order valence-corrected chi connectivity index (χ4v) is 5.45. The number of hydrogen-bond acceptors (Lipinski definition) is 9. The third-order valence-electron chi connectivity index (χ3n) is 8.82. The predicted octanol–water partition coefficient (Wildman–Crippen LogP) is 3.14. The number of piperidine rings is 2. The summed E-state index contributed by atoms with van der Waals surface area (Å²) in [5.41, 5.74) is 1.01. The van der Waals surface area contributed by atoms with Crippen LogP contribution in [0.1, 0.15) is 84.9 Å². The first-order chi connectivity index (χ1) is 22.8. The van der Waals surface area contributed by atoms with Crippen molar-refractivity contribution >= 4 is 35.4 Å². The van der Waals surface area contributed by atoms with E-state index in [1.165, 1.54) is 129 Å². The Bertz CT molecular complexity index is 1180. The average Bonchev–Trinajstić information content (AvgIpc) is 3.83. The van der Waals surface area contributed by atoms with Gasteiger partial charge in [-0.05, 0) is 111 Å². The number of likely N-dealkylation sites (tertiary alicyclic amines) is 4. The second-order valence-corrected chi connectivity index (χ2v) is 12.9. The molecule has 0 radical (unpaired) electrons. The van der Waals surface area contributed by atoms with Gasteiger partial charge in [0, 0.05) is 46.1 Å². The minimum atomic E-state index is -0.241. The van der Waals surface area contributed by atoms with Gasteiger partial charge in [0.25, 0.3) is 23.6 Å². The Morgan fingerprint density at radius 1 is 0.417 bits per heavy atom. The molecule has 0 spiro atoms. The minimum absolute atomic E-state index is 0.0602. The maximum Gasteiger partial charge on any atom is 0.261 e. The number of benzene rings is 1. The summed E-state index contributed by atoms with van der Waals surface area (Å²) >= 11 is 0. The zero-order valence-electron chi connectivity index (χ0n) is 29.9. The van der Waals surface area contributed by atoms with E-state index in [4.69, 9.17) is 0 Å². The monoisotopic (exact) mass is 668 g/mol. The van der Waals surface area contributed by atoms with E-state index >= 15 is 0 Å². The minimum Gasteiger partial charge on any atom is -0.306 e. The van der Waals surface area contributed by atoms with Crippen LogP contribution in [0.3, 0.4) is 0 Å². The lowest BCUT2D eigenvalue weighted by Crippen LogP contribution is -2.24. The van der Waals surface area contributed by atoms with Gasteiger partial charge in [-0.15, -0.1) is 0 Å². The molecular formula is C36H56N6O6. The Hall–Kier alpha value is -3.74. The number of nitrogens with zero attached hydrogens (tertiary/aromatic N) is 6. The van der Waals surface area contributed by atoms with Crippen LogP contribution in [0.4, 0.5) is 0 Å². The molecule has 0 atom stereocenters. The second-order valence-electron chi connectivity index (χ2n) is 12.9. The van der Waals surface area contributed by atoms with Gasteiger partial charge in [0.2, 0.25) is 11.8 Å². The first kappa shape index (κ1) is 40.4.